The Morgan fingerprint density at radius 3 is 2.64 bits per heavy atom. The van der Waals surface area contributed by atoms with Crippen LogP contribution in [0, 0.1) is 12.7 Å². The maximum Gasteiger partial charge on any atom is 0.289 e. The highest BCUT2D eigenvalue weighted by atomic mass is 32.5. The van der Waals surface area contributed by atoms with Gasteiger partial charge < -0.3 is 9.05 Å². The Morgan fingerprint density at radius 2 is 2.00 bits per heavy atom. The largest absolute Gasteiger partial charge is 0.314 e. The van der Waals surface area contributed by atoms with Crippen molar-refractivity contribution in [2.75, 3.05) is 18.3 Å². The van der Waals surface area contributed by atoms with Crippen LogP contribution in [0.1, 0.15) is 19.4 Å². The van der Waals surface area contributed by atoms with Crippen LogP contribution in [0.3, 0.4) is 0 Å². The zero-order valence-corrected chi connectivity index (χ0v) is 15.2. The molecule has 0 radical (unpaired) electrons. The van der Waals surface area contributed by atoms with Gasteiger partial charge in [-0.1, -0.05) is 11.6 Å². The summed E-state index contributed by atoms with van der Waals surface area (Å²) in [5.41, 5.74) is 2.03. The Kier molecular flexibility index (Phi) is 6.06. The van der Waals surface area contributed by atoms with Gasteiger partial charge in [-0.2, -0.15) is 0 Å². The number of nitrogens with one attached hydrogen (secondary N) is 1. The number of anilines is 1. The number of thiazole rings is 1. The van der Waals surface area contributed by atoms with Crippen molar-refractivity contribution in [2.24, 2.45) is 0 Å². The van der Waals surface area contributed by atoms with E-state index >= 15 is 0 Å². The first-order valence-corrected chi connectivity index (χ1v) is 10.4. The van der Waals surface area contributed by atoms with Crippen LogP contribution in [0.2, 0.25) is 0 Å². The molecule has 0 bridgehead atoms. The van der Waals surface area contributed by atoms with Crippen LogP contribution in [0.25, 0.3) is 11.3 Å². The Hall–Kier alpha value is -0.850. The van der Waals surface area contributed by atoms with Crippen LogP contribution in [-0.4, -0.2) is 18.2 Å². The monoisotopic (exact) mass is 360 g/mol. The normalized spacial score (nSPS) is 11.6. The number of nitrogens with zero attached hydrogens (tertiary/aromatic N) is 1. The van der Waals surface area contributed by atoms with Crippen LogP contribution in [0.15, 0.2) is 23.6 Å². The predicted molar refractivity (Wildman–Crippen MR) is 93.4 cm³/mol. The number of rotatable bonds is 7. The van der Waals surface area contributed by atoms with E-state index in [1.165, 1.54) is 17.4 Å². The van der Waals surface area contributed by atoms with Gasteiger partial charge in [-0.3, -0.25) is 5.09 Å². The van der Waals surface area contributed by atoms with Crippen molar-refractivity contribution in [3.8, 4) is 11.3 Å². The maximum absolute atomic E-state index is 13.9. The van der Waals surface area contributed by atoms with E-state index in [4.69, 9.17) is 20.9 Å². The lowest BCUT2D eigenvalue weighted by molar-refractivity contribution is 0.271. The highest BCUT2D eigenvalue weighted by molar-refractivity contribution is 8.10. The minimum Gasteiger partial charge on any atom is -0.314 e. The van der Waals surface area contributed by atoms with Crippen LogP contribution in [-0.2, 0) is 20.9 Å². The van der Waals surface area contributed by atoms with Gasteiger partial charge in [-0.25, -0.2) is 9.37 Å². The average molecular weight is 360 g/mol. The van der Waals surface area contributed by atoms with Crippen molar-refractivity contribution in [3.05, 3.63) is 35.0 Å². The lowest BCUT2D eigenvalue weighted by Gasteiger charge is -2.20. The standard InChI is InChI=1S/C14H18FN2O2PS2/c1-4-18-20(21,19-5-2)17-14-16-13(9-22-14)11-8-10(3)6-7-12(11)15/h6-9H,4-5H2,1-3H3,(H,16,17,21). The predicted octanol–water partition coefficient (Wildman–Crippen LogP) is 4.97. The van der Waals surface area contributed by atoms with Gasteiger partial charge in [0, 0.05) is 10.9 Å². The smallest absolute Gasteiger partial charge is 0.289 e. The van der Waals surface area contributed by atoms with Gasteiger partial charge in [0.05, 0.1) is 18.9 Å². The zero-order valence-electron chi connectivity index (χ0n) is 12.6. The van der Waals surface area contributed by atoms with Crippen LogP contribution < -0.4 is 5.09 Å². The first-order valence-electron chi connectivity index (χ1n) is 6.87. The second-order valence-corrected chi connectivity index (χ2v) is 8.50. The fourth-order valence-electron chi connectivity index (χ4n) is 1.84. The minimum absolute atomic E-state index is 0.295. The minimum atomic E-state index is -2.60. The molecule has 8 heteroatoms. The molecule has 2 aromatic rings. The highest BCUT2D eigenvalue weighted by Crippen LogP contribution is 2.49. The third-order valence-electron chi connectivity index (χ3n) is 2.73. The van der Waals surface area contributed by atoms with Crippen molar-refractivity contribution < 1.29 is 13.4 Å². The Balaban J connectivity index is 2.24. The lowest BCUT2D eigenvalue weighted by atomic mass is 10.1. The number of aryl methyl sites for hydroxylation is 1. The second kappa shape index (κ2) is 7.62. The highest BCUT2D eigenvalue weighted by Gasteiger charge is 2.20. The molecule has 0 spiro atoms. The molecule has 1 aromatic heterocycles. The Morgan fingerprint density at radius 1 is 1.32 bits per heavy atom. The number of hydrogen-bond donors (Lipinski definition) is 1. The molecular formula is C14H18FN2O2PS2. The molecule has 1 aromatic carbocycles. The fourth-order valence-corrected chi connectivity index (χ4v) is 5.20. The molecule has 1 heterocycles. The van der Waals surface area contributed by atoms with E-state index in [1.807, 2.05) is 20.8 Å². The van der Waals surface area contributed by atoms with Crippen molar-refractivity contribution in [1.29, 1.82) is 0 Å². The summed E-state index contributed by atoms with van der Waals surface area (Å²) in [6, 6.07) is 4.95. The van der Waals surface area contributed by atoms with Crippen molar-refractivity contribution in [2.45, 2.75) is 20.8 Å². The molecule has 1 N–H and O–H groups in total. The average Bonchev–Trinajstić information content (AvgIpc) is 2.90. The summed E-state index contributed by atoms with van der Waals surface area (Å²) in [5, 5.41) is 5.41. The molecular weight excluding hydrogens is 342 g/mol. The van der Waals surface area contributed by atoms with Gasteiger partial charge in [-0.15, -0.1) is 11.3 Å². The molecule has 120 valence electrons. The molecule has 0 saturated heterocycles. The Bertz CT molecular complexity index is 683. The van der Waals surface area contributed by atoms with Gasteiger partial charge in [0.15, 0.2) is 5.13 Å². The molecule has 0 aliphatic carbocycles. The quantitative estimate of drug-likeness (QED) is 0.707. The van der Waals surface area contributed by atoms with Gasteiger partial charge >= 0.3 is 0 Å². The molecule has 0 unspecified atom stereocenters. The second-order valence-electron chi connectivity index (χ2n) is 4.47. The van der Waals surface area contributed by atoms with Crippen LogP contribution in [0.4, 0.5) is 9.52 Å². The molecule has 22 heavy (non-hydrogen) atoms. The topological polar surface area (TPSA) is 43.4 Å². The van der Waals surface area contributed by atoms with Gasteiger partial charge in [0.2, 0.25) is 0 Å². The maximum atomic E-state index is 13.9. The molecule has 0 aliphatic heterocycles. The third-order valence-corrected chi connectivity index (χ3v) is 6.23. The molecule has 0 saturated carbocycles. The summed E-state index contributed by atoms with van der Waals surface area (Å²) in [7, 11) is 0. The summed E-state index contributed by atoms with van der Waals surface area (Å²) in [4.78, 5) is 4.40. The summed E-state index contributed by atoms with van der Waals surface area (Å²) in [6.07, 6.45) is 0. The van der Waals surface area contributed by atoms with E-state index < -0.39 is 6.64 Å². The molecule has 0 amide bonds. The van der Waals surface area contributed by atoms with Crippen molar-refractivity contribution >= 4 is 34.9 Å². The van der Waals surface area contributed by atoms with E-state index in [9.17, 15) is 4.39 Å². The molecule has 2 rings (SSSR count). The lowest BCUT2D eigenvalue weighted by Crippen LogP contribution is -2.04. The summed E-state index contributed by atoms with van der Waals surface area (Å²) >= 11 is 6.75. The van der Waals surface area contributed by atoms with Gasteiger partial charge in [0.1, 0.15) is 5.82 Å². The third kappa shape index (κ3) is 4.33. The van der Waals surface area contributed by atoms with Crippen molar-refractivity contribution in [3.63, 3.8) is 0 Å². The SMILES string of the molecule is CCOP(=S)(Nc1nc(-c2cc(C)ccc2F)cs1)OCC. The van der Waals surface area contributed by atoms with E-state index in [-0.39, 0.29) is 5.82 Å². The molecule has 0 aliphatic rings. The van der Waals surface area contributed by atoms with Crippen LogP contribution in [0.5, 0.6) is 0 Å². The first kappa shape index (κ1) is 17.5. The summed E-state index contributed by atoms with van der Waals surface area (Å²) < 4.78 is 25.0. The fraction of sp³-hybridized carbons (Fsp3) is 0.357. The first-order chi connectivity index (χ1) is 10.5. The van der Waals surface area contributed by atoms with E-state index in [1.54, 1.807) is 17.5 Å². The molecule has 0 atom stereocenters. The van der Waals surface area contributed by atoms with Gasteiger partial charge in [-0.05, 0) is 44.7 Å². The summed E-state index contributed by atoms with van der Waals surface area (Å²) in [5.74, 6) is -0.295. The number of halogens is 1. The molecule has 4 nitrogen and oxygen atoms in total. The van der Waals surface area contributed by atoms with Gasteiger partial charge in [0.25, 0.3) is 6.64 Å². The van der Waals surface area contributed by atoms with Crippen molar-refractivity contribution in [1.82, 2.24) is 4.98 Å². The Labute approximate surface area is 138 Å². The number of aromatic nitrogens is 1. The molecule has 0 fully saturated rings. The van der Waals surface area contributed by atoms with Crippen LogP contribution >= 0.6 is 18.0 Å². The van der Waals surface area contributed by atoms with E-state index in [0.717, 1.165) is 5.56 Å². The zero-order chi connectivity index (χ0) is 16.2. The number of hydrogen-bond acceptors (Lipinski definition) is 5. The van der Waals surface area contributed by atoms with E-state index in [0.29, 0.717) is 29.6 Å². The van der Waals surface area contributed by atoms with E-state index in [2.05, 4.69) is 10.1 Å². The number of benzene rings is 1. The summed E-state index contributed by atoms with van der Waals surface area (Å²) in [6.45, 7) is 3.94.